The molecule has 3 aliphatic rings. The minimum absolute atomic E-state index is 0.0979. The van der Waals surface area contributed by atoms with Gasteiger partial charge in [-0.25, -0.2) is 0 Å². The predicted octanol–water partition coefficient (Wildman–Crippen LogP) is 1.70. The Morgan fingerprint density at radius 2 is 1.88 bits per heavy atom. The first kappa shape index (κ1) is 23.7. The lowest BCUT2D eigenvalue weighted by Crippen LogP contribution is -2.62. The molecular weight excluding hydrogens is 436 g/mol. The fourth-order valence-corrected chi connectivity index (χ4v) is 4.90. The Kier molecular flexibility index (Phi) is 7.27. The maximum absolute atomic E-state index is 10.6. The summed E-state index contributed by atoms with van der Waals surface area (Å²) in [5.41, 5.74) is 1.37. The zero-order valence-corrected chi connectivity index (χ0v) is 18.8. The molecule has 4 N–H and O–H groups in total. The van der Waals surface area contributed by atoms with Crippen LogP contribution in [0.25, 0.3) is 0 Å². The van der Waals surface area contributed by atoms with Crippen LogP contribution in [-0.4, -0.2) is 76.9 Å². The highest BCUT2D eigenvalue weighted by Gasteiger charge is 2.50. The molecule has 176 valence electrons. The van der Waals surface area contributed by atoms with Gasteiger partial charge in [0.2, 0.25) is 0 Å². The number of hydrogen-bond acceptors (Lipinski definition) is 7. The second-order valence-electron chi connectivity index (χ2n) is 9.14. The molecule has 4 rings (SSSR count). The van der Waals surface area contributed by atoms with Crippen LogP contribution >= 0.6 is 11.6 Å². The molecule has 1 unspecified atom stereocenters. The van der Waals surface area contributed by atoms with Crippen LogP contribution in [0.3, 0.4) is 0 Å². The molecule has 1 aromatic rings. The number of allylic oxidation sites excluding steroid dienone is 3. The van der Waals surface area contributed by atoms with E-state index in [-0.39, 0.29) is 6.10 Å². The minimum Gasteiger partial charge on any atom is -0.488 e. The van der Waals surface area contributed by atoms with Crippen LogP contribution in [0, 0.1) is 5.41 Å². The molecule has 0 saturated carbocycles. The Morgan fingerprint density at radius 3 is 2.53 bits per heavy atom. The largest absolute Gasteiger partial charge is 0.488 e. The van der Waals surface area contributed by atoms with Gasteiger partial charge in [0.05, 0.1) is 25.9 Å². The molecule has 0 amide bonds. The van der Waals surface area contributed by atoms with Crippen molar-refractivity contribution >= 4 is 11.6 Å². The molecule has 7 nitrogen and oxygen atoms in total. The van der Waals surface area contributed by atoms with Crippen molar-refractivity contribution in [2.45, 2.75) is 62.8 Å². The van der Waals surface area contributed by atoms with Crippen LogP contribution in [-0.2, 0) is 15.9 Å². The summed E-state index contributed by atoms with van der Waals surface area (Å²) in [5.74, 6) is 0.805. The number of ether oxygens (including phenoxy) is 3. The van der Waals surface area contributed by atoms with E-state index >= 15 is 0 Å². The van der Waals surface area contributed by atoms with Gasteiger partial charge in [-0.05, 0) is 42.2 Å². The summed E-state index contributed by atoms with van der Waals surface area (Å²) in [7, 11) is 0. The van der Waals surface area contributed by atoms with Crippen molar-refractivity contribution in [2.75, 3.05) is 19.8 Å². The van der Waals surface area contributed by atoms with Crippen molar-refractivity contribution < 1.29 is 34.6 Å². The van der Waals surface area contributed by atoms with Crippen LogP contribution in [0.5, 0.6) is 5.75 Å². The summed E-state index contributed by atoms with van der Waals surface area (Å²) < 4.78 is 17.1. The molecule has 1 aliphatic carbocycles. The van der Waals surface area contributed by atoms with Crippen LogP contribution in [0.2, 0.25) is 0 Å². The van der Waals surface area contributed by atoms with Gasteiger partial charge < -0.3 is 34.6 Å². The third-order valence-electron chi connectivity index (χ3n) is 6.62. The fourth-order valence-electron chi connectivity index (χ4n) is 4.70. The van der Waals surface area contributed by atoms with Crippen LogP contribution in [0.15, 0.2) is 47.0 Å². The van der Waals surface area contributed by atoms with E-state index in [9.17, 15) is 20.4 Å². The Hall–Kier alpha value is -1.45. The molecular formula is C24H31ClO7. The number of aliphatic hydroxyl groups excluding tert-OH is 4. The third kappa shape index (κ3) is 4.89. The fraction of sp³-hybridized carbons (Fsp3) is 0.583. The molecule has 1 aromatic carbocycles. The number of hydrogen-bond donors (Lipinski definition) is 4. The van der Waals surface area contributed by atoms with Gasteiger partial charge in [-0.15, -0.1) is 0 Å². The molecule has 8 heteroatoms. The highest BCUT2D eigenvalue weighted by molar-refractivity contribution is 6.31. The Labute approximate surface area is 192 Å². The average molecular weight is 467 g/mol. The van der Waals surface area contributed by atoms with Crippen LogP contribution in [0.1, 0.15) is 25.3 Å². The average Bonchev–Trinajstić information content (AvgIpc) is 3.29. The Morgan fingerprint density at radius 1 is 1.12 bits per heavy atom. The highest BCUT2D eigenvalue weighted by Crippen LogP contribution is 2.44. The van der Waals surface area contributed by atoms with Gasteiger partial charge in [-0.2, -0.15) is 0 Å². The highest BCUT2D eigenvalue weighted by atomic mass is 35.5. The molecule has 2 saturated heterocycles. The van der Waals surface area contributed by atoms with Crippen LogP contribution in [0.4, 0.5) is 0 Å². The van der Waals surface area contributed by atoms with Crippen LogP contribution < -0.4 is 4.74 Å². The lowest BCUT2D eigenvalue weighted by Gasteiger charge is -2.48. The lowest BCUT2D eigenvalue weighted by atomic mass is 9.70. The summed E-state index contributed by atoms with van der Waals surface area (Å²) in [6.45, 7) is 2.82. The molecule has 0 radical (unpaired) electrons. The van der Waals surface area contributed by atoms with E-state index in [0.29, 0.717) is 24.5 Å². The van der Waals surface area contributed by atoms with Gasteiger partial charge in [0.1, 0.15) is 36.3 Å². The van der Waals surface area contributed by atoms with Gasteiger partial charge in [0.25, 0.3) is 0 Å². The second-order valence-corrected chi connectivity index (χ2v) is 9.55. The normalized spacial score (nSPS) is 37.7. The molecule has 2 fully saturated rings. The SMILES string of the molecule is CC1([C@@H]2O[C@H](CO)[C@@H](O)[C@H](O)[C@H]2O)C=CC(Cl)=C(Cc2ccc(O[C@H]3CCOC3)cc2)C1. The molecule has 2 aliphatic heterocycles. The molecule has 0 spiro atoms. The number of rotatable bonds is 6. The Bertz CT molecular complexity index is 846. The van der Waals surface area contributed by atoms with Gasteiger partial charge in [-0.3, -0.25) is 0 Å². The zero-order chi connectivity index (χ0) is 22.9. The zero-order valence-electron chi connectivity index (χ0n) is 18.1. The first-order valence-corrected chi connectivity index (χ1v) is 11.4. The van der Waals surface area contributed by atoms with Gasteiger partial charge >= 0.3 is 0 Å². The van der Waals surface area contributed by atoms with Crippen molar-refractivity contribution in [2.24, 2.45) is 5.41 Å². The smallest absolute Gasteiger partial charge is 0.124 e. The summed E-state index contributed by atoms with van der Waals surface area (Å²) in [4.78, 5) is 0. The van der Waals surface area contributed by atoms with E-state index in [1.54, 1.807) is 6.08 Å². The van der Waals surface area contributed by atoms with Gasteiger partial charge in [0, 0.05) is 16.9 Å². The van der Waals surface area contributed by atoms with Gasteiger partial charge in [0.15, 0.2) is 0 Å². The molecule has 2 heterocycles. The lowest BCUT2D eigenvalue weighted by molar-refractivity contribution is -0.249. The van der Waals surface area contributed by atoms with Crippen molar-refractivity contribution in [3.8, 4) is 5.75 Å². The predicted molar refractivity (Wildman–Crippen MR) is 119 cm³/mol. The molecule has 0 bridgehead atoms. The third-order valence-corrected chi connectivity index (χ3v) is 7.01. The topological polar surface area (TPSA) is 109 Å². The molecule has 32 heavy (non-hydrogen) atoms. The van der Waals surface area contributed by atoms with Crippen molar-refractivity contribution in [3.63, 3.8) is 0 Å². The molecule has 0 aromatic heterocycles. The van der Waals surface area contributed by atoms with E-state index in [2.05, 4.69) is 0 Å². The first-order valence-electron chi connectivity index (χ1n) is 11.0. The van der Waals surface area contributed by atoms with Crippen molar-refractivity contribution in [1.82, 2.24) is 0 Å². The van der Waals surface area contributed by atoms with Crippen molar-refractivity contribution in [3.05, 3.63) is 52.6 Å². The number of halogens is 1. The maximum atomic E-state index is 10.6. The summed E-state index contributed by atoms with van der Waals surface area (Å²) in [6, 6.07) is 7.90. The van der Waals surface area contributed by atoms with E-state index in [0.717, 1.165) is 29.9 Å². The van der Waals surface area contributed by atoms with E-state index in [1.807, 2.05) is 37.3 Å². The summed E-state index contributed by atoms with van der Waals surface area (Å²) in [5, 5.41) is 41.1. The number of benzene rings is 1. The van der Waals surface area contributed by atoms with Gasteiger partial charge in [-0.1, -0.05) is 36.7 Å². The van der Waals surface area contributed by atoms with E-state index in [1.165, 1.54) is 0 Å². The quantitative estimate of drug-likeness (QED) is 0.505. The first-order chi connectivity index (χ1) is 15.3. The maximum Gasteiger partial charge on any atom is 0.124 e. The van der Waals surface area contributed by atoms with E-state index in [4.69, 9.17) is 25.8 Å². The minimum atomic E-state index is -1.40. The second kappa shape index (κ2) is 9.81. The van der Waals surface area contributed by atoms with Crippen molar-refractivity contribution in [1.29, 1.82) is 0 Å². The summed E-state index contributed by atoms with van der Waals surface area (Å²) >= 11 is 6.51. The summed E-state index contributed by atoms with van der Waals surface area (Å²) in [6.07, 6.45) is -0.0527. The monoisotopic (exact) mass is 466 g/mol. The van der Waals surface area contributed by atoms with E-state index < -0.39 is 42.5 Å². The number of aliphatic hydroxyl groups is 4. The molecule has 7 atom stereocenters. The Balaban J connectivity index is 1.45. The standard InChI is InChI=1S/C24H31ClO7/c1-24(23-22(29)21(28)20(27)19(12-26)32-23)8-6-18(25)15(11-24)10-14-2-4-16(5-3-14)31-17-7-9-30-13-17/h2-6,8,17,19-23,26-29H,7,9-13H2,1H3/t17-,19+,20+,21-,22+,23+,24?/m0/s1.